The third-order valence-corrected chi connectivity index (χ3v) is 6.11. The largest absolute Gasteiger partial charge is 0.376 e. The van der Waals surface area contributed by atoms with Gasteiger partial charge in [0.2, 0.25) is 10.0 Å². The molecule has 10 heteroatoms. The lowest BCUT2D eigenvalue weighted by Crippen LogP contribution is -2.54. The molecule has 1 unspecified atom stereocenters. The Labute approximate surface area is 144 Å². The first kappa shape index (κ1) is 18.2. The van der Waals surface area contributed by atoms with Gasteiger partial charge < -0.3 is 14.4 Å². The summed E-state index contributed by atoms with van der Waals surface area (Å²) in [6.07, 6.45) is -0.694. The second-order valence-electron chi connectivity index (χ2n) is 5.71. The summed E-state index contributed by atoms with van der Waals surface area (Å²) in [4.78, 5) is 12.8. The van der Waals surface area contributed by atoms with Crippen LogP contribution < -0.4 is 0 Å². The van der Waals surface area contributed by atoms with Crippen LogP contribution in [0.2, 0.25) is 0 Å². The number of piperazine rings is 1. The fourth-order valence-electron chi connectivity index (χ4n) is 2.84. The third-order valence-electron chi connectivity index (χ3n) is 4.16. The van der Waals surface area contributed by atoms with E-state index in [4.69, 9.17) is 9.47 Å². The summed E-state index contributed by atoms with van der Waals surface area (Å²) >= 11 is 0. The van der Waals surface area contributed by atoms with E-state index in [2.05, 4.69) is 0 Å². The van der Waals surface area contributed by atoms with E-state index >= 15 is 0 Å². The average molecular weight is 376 g/mol. The number of amides is 1. The standard InChI is InChI=1S/C15H18F2N2O5S/c16-11-2-1-3-12(17)14(11)25(21,22)19-6-4-18(5-7-19)15(20)13-10-23-8-9-24-13/h1-3,13H,4-10H2. The van der Waals surface area contributed by atoms with Gasteiger partial charge in [-0.1, -0.05) is 6.07 Å². The number of sulfonamides is 1. The lowest BCUT2D eigenvalue weighted by molar-refractivity contribution is -0.159. The van der Waals surface area contributed by atoms with Crippen molar-refractivity contribution in [3.05, 3.63) is 29.8 Å². The zero-order chi connectivity index (χ0) is 18.0. The lowest BCUT2D eigenvalue weighted by Gasteiger charge is -2.36. The van der Waals surface area contributed by atoms with Gasteiger partial charge in [-0.2, -0.15) is 4.31 Å². The molecule has 0 N–H and O–H groups in total. The minimum Gasteiger partial charge on any atom is -0.376 e. The van der Waals surface area contributed by atoms with Crippen LogP contribution in [-0.4, -0.2) is 75.6 Å². The monoisotopic (exact) mass is 376 g/mol. The van der Waals surface area contributed by atoms with Crippen LogP contribution in [-0.2, 0) is 24.3 Å². The van der Waals surface area contributed by atoms with E-state index < -0.39 is 32.7 Å². The highest BCUT2D eigenvalue weighted by molar-refractivity contribution is 7.89. The van der Waals surface area contributed by atoms with Crippen LogP contribution in [0.3, 0.4) is 0 Å². The molecule has 0 spiro atoms. The smallest absolute Gasteiger partial charge is 0.254 e. The number of benzene rings is 1. The van der Waals surface area contributed by atoms with E-state index in [-0.39, 0.29) is 38.7 Å². The Bertz CT molecular complexity index is 724. The molecule has 138 valence electrons. The molecule has 0 radical (unpaired) electrons. The lowest BCUT2D eigenvalue weighted by atomic mass is 10.2. The number of nitrogens with zero attached hydrogens (tertiary/aromatic N) is 2. The first-order chi connectivity index (χ1) is 11.9. The van der Waals surface area contributed by atoms with Crippen molar-refractivity contribution >= 4 is 15.9 Å². The van der Waals surface area contributed by atoms with E-state index in [0.29, 0.717) is 13.2 Å². The maximum absolute atomic E-state index is 13.8. The van der Waals surface area contributed by atoms with Crippen LogP contribution in [0.15, 0.2) is 23.1 Å². The predicted molar refractivity (Wildman–Crippen MR) is 82.3 cm³/mol. The number of carbonyl (C=O) groups excluding carboxylic acids is 1. The summed E-state index contributed by atoms with van der Waals surface area (Å²) in [6.45, 7) is 1.08. The minimum absolute atomic E-state index is 0.0462. The normalized spacial score (nSPS) is 22.8. The van der Waals surface area contributed by atoms with Gasteiger partial charge in [0.05, 0.1) is 19.8 Å². The summed E-state index contributed by atoms with van der Waals surface area (Å²) in [7, 11) is -4.31. The molecule has 2 fully saturated rings. The Hall–Kier alpha value is -1.62. The number of carbonyl (C=O) groups is 1. The molecule has 2 saturated heterocycles. The highest BCUT2D eigenvalue weighted by atomic mass is 32.2. The molecule has 1 aromatic carbocycles. The first-order valence-electron chi connectivity index (χ1n) is 7.83. The molecule has 2 heterocycles. The summed E-state index contributed by atoms with van der Waals surface area (Å²) < 4.78 is 64.1. The quantitative estimate of drug-likeness (QED) is 0.754. The number of rotatable bonds is 3. The maximum atomic E-state index is 13.8. The predicted octanol–water partition coefficient (Wildman–Crippen LogP) is 0.213. The molecule has 3 rings (SSSR count). The zero-order valence-electron chi connectivity index (χ0n) is 13.4. The van der Waals surface area contributed by atoms with Gasteiger partial charge in [-0.15, -0.1) is 0 Å². The number of hydrogen-bond acceptors (Lipinski definition) is 5. The average Bonchev–Trinajstić information content (AvgIpc) is 2.61. The van der Waals surface area contributed by atoms with Gasteiger partial charge in [0, 0.05) is 26.2 Å². The highest BCUT2D eigenvalue weighted by Crippen LogP contribution is 2.23. The first-order valence-corrected chi connectivity index (χ1v) is 9.27. The molecule has 2 aliphatic heterocycles. The minimum atomic E-state index is -4.31. The molecule has 7 nitrogen and oxygen atoms in total. The number of halogens is 2. The van der Waals surface area contributed by atoms with Crippen LogP contribution in [0.1, 0.15) is 0 Å². The fraction of sp³-hybridized carbons (Fsp3) is 0.533. The molecule has 0 aromatic heterocycles. The second-order valence-corrected chi connectivity index (χ2v) is 7.59. The topological polar surface area (TPSA) is 76.2 Å². The molecule has 1 atom stereocenters. The van der Waals surface area contributed by atoms with Gasteiger partial charge >= 0.3 is 0 Å². The van der Waals surface area contributed by atoms with E-state index in [1.54, 1.807) is 0 Å². The molecule has 0 saturated carbocycles. The van der Waals surface area contributed by atoms with Crippen molar-refractivity contribution in [3.8, 4) is 0 Å². The molecule has 0 aliphatic carbocycles. The van der Waals surface area contributed by atoms with Crippen molar-refractivity contribution < 1.29 is 31.5 Å². The SMILES string of the molecule is O=C(C1COCCO1)N1CCN(S(=O)(=O)c2c(F)cccc2F)CC1. The molecule has 1 amide bonds. The number of ether oxygens (including phenoxy) is 2. The van der Waals surface area contributed by atoms with Gasteiger partial charge in [-0.3, -0.25) is 4.79 Å². The zero-order valence-corrected chi connectivity index (χ0v) is 14.2. The van der Waals surface area contributed by atoms with Crippen LogP contribution in [0, 0.1) is 11.6 Å². The summed E-state index contributed by atoms with van der Waals surface area (Å²) in [5, 5.41) is 0. The van der Waals surface area contributed by atoms with Crippen LogP contribution in [0.5, 0.6) is 0 Å². The van der Waals surface area contributed by atoms with Crippen molar-refractivity contribution in [2.24, 2.45) is 0 Å². The van der Waals surface area contributed by atoms with E-state index in [1.807, 2.05) is 0 Å². The van der Waals surface area contributed by atoms with Crippen molar-refractivity contribution in [2.45, 2.75) is 11.0 Å². The van der Waals surface area contributed by atoms with Crippen LogP contribution in [0.4, 0.5) is 8.78 Å². The van der Waals surface area contributed by atoms with E-state index in [9.17, 15) is 22.0 Å². The van der Waals surface area contributed by atoms with Crippen molar-refractivity contribution in [3.63, 3.8) is 0 Å². The van der Waals surface area contributed by atoms with Gasteiger partial charge in [-0.25, -0.2) is 17.2 Å². The Morgan fingerprint density at radius 3 is 2.28 bits per heavy atom. The second kappa shape index (κ2) is 7.32. The molecular weight excluding hydrogens is 358 g/mol. The van der Waals surface area contributed by atoms with Crippen LogP contribution >= 0.6 is 0 Å². The molecule has 25 heavy (non-hydrogen) atoms. The summed E-state index contributed by atoms with van der Waals surface area (Å²) in [5.41, 5.74) is 0. The van der Waals surface area contributed by atoms with Crippen molar-refractivity contribution in [1.29, 1.82) is 0 Å². The van der Waals surface area contributed by atoms with Gasteiger partial charge in [0.25, 0.3) is 5.91 Å². The number of hydrogen-bond donors (Lipinski definition) is 0. The molecule has 0 bridgehead atoms. The van der Waals surface area contributed by atoms with Crippen molar-refractivity contribution in [1.82, 2.24) is 9.21 Å². The van der Waals surface area contributed by atoms with E-state index in [0.717, 1.165) is 22.5 Å². The Morgan fingerprint density at radius 1 is 1.08 bits per heavy atom. The fourth-order valence-corrected chi connectivity index (χ4v) is 4.37. The highest BCUT2D eigenvalue weighted by Gasteiger charge is 2.36. The Kier molecular flexibility index (Phi) is 5.32. The summed E-state index contributed by atoms with van der Waals surface area (Å²) in [5.74, 6) is -2.54. The molecule has 1 aromatic rings. The van der Waals surface area contributed by atoms with Crippen LogP contribution in [0.25, 0.3) is 0 Å². The molecular formula is C15H18F2N2O5S. The Balaban J connectivity index is 1.68. The Morgan fingerprint density at radius 2 is 1.72 bits per heavy atom. The van der Waals surface area contributed by atoms with Gasteiger partial charge in [-0.05, 0) is 12.1 Å². The van der Waals surface area contributed by atoms with Crippen molar-refractivity contribution in [2.75, 3.05) is 46.0 Å². The van der Waals surface area contributed by atoms with E-state index in [1.165, 1.54) is 4.90 Å². The molecule has 2 aliphatic rings. The third kappa shape index (κ3) is 3.66. The summed E-state index contributed by atoms with van der Waals surface area (Å²) in [6, 6.07) is 2.90. The van der Waals surface area contributed by atoms with Gasteiger partial charge in [0.15, 0.2) is 11.0 Å². The van der Waals surface area contributed by atoms with Gasteiger partial charge in [0.1, 0.15) is 11.6 Å². The maximum Gasteiger partial charge on any atom is 0.254 e.